The molecule has 1 N–H and O–H groups in total. The van der Waals surface area contributed by atoms with Crippen molar-refractivity contribution < 1.29 is 9.52 Å². The summed E-state index contributed by atoms with van der Waals surface area (Å²) < 4.78 is 5.14. The summed E-state index contributed by atoms with van der Waals surface area (Å²) in [5.41, 5.74) is 2.71. The van der Waals surface area contributed by atoms with E-state index in [1.807, 2.05) is 19.9 Å². The third-order valence-electron chi connectivity index (χ3n) is 2.33. The van der Waals surface area contributed by atoms with Crippen molar-refractivity contribution in [3.8, 4) is 0 Å². The monoisotopic (exact) mass is 203 g/mol. The van der Waals surface area contributed by atoms with Gasteiger partial charge in [0.25, 0.3) is 0 Å². The fourth-order valence-corrected chi connectivity index (χ4v) is 1.59. The standard InChI is InChI=1S/C12H13NO2/c1-8-6-9(2)11(13-7-8)12(14)10-4-3-5-15-10/h3-7,12,14H,1-2H3. The maximum Gasteiger partial charge on any atom is 0.154 e. The molecule has 0 fully saturated rings. The normalized spacial score (nSPS) is 12.7. The topological polar surface area (TPSA) is 46.3 Å². The molecule has 3 nitrogen and oxygen atoms in total. The van der Waals surface area contributed by atoms with E-state index in [-0.39, 0.29) is 0 Å². The largest absolute Gasteiger partial charge is 0.466 e. The molecule has 0 spiro atoms. The molecule has 0 saturated carbocycles. The molecule has 3 heteroatoms. The smallest absolute Gasteiger partial charge is 0.154 e. The van der Waals surface area contributed by atoms with Crippen LogP contribution in [0, 0.1) is 13.8 Å². The Morgan fingerprint density at radius 1 is 1.40 bits per heavy atom. The Labute approximate surface area is 88.4 Å². The third kappa shape index (κ3) is 1.92. The second-order valence-corrected chi connectivity index (χ2v) is 3.63. The van der Waals surface area contributed by atoms with Gasteiger partial charge in [-0.05, 0) is 37.1 Å². The van der Waals surface area contributed by atoms with Gasteiger partial charge in [-0.15, -0.1) is 0 Å². The van der Waals surface area contributed by atoms with Crippen molar-refractivity contribution in [2.24, 2.45) is 0 Å². The quantitative estimate of drug-likeness (QED) is 0.815. The molecule has 0 aliphatic rings. The van der Waals surface area contributed by atoms with Gasteiger partial charge < -0.3 is 9.52 Å². The van der Waals surface area contributed by atoms with Crippen LogP contribution < -0.4 is 0 Å². The number of aliphatic hydroxyl groups is 1. The molecule has 0 amide bonds. The summed E-state index contributed by atoms with van der Waals surface area (Å²) in [7, 11) is 0. The molecule has 2 heterocycles. The Kier molecular flexibility index (Phi) is 2.56. The van der Waals surface area contributed by atoms with E-state index < -0.39 is 6.10 Å². The van der Waals surface area contributed by atoms with E-state index in [9.17, 15) is 5.11 Å². The van der Waals surface area contributed by atoms with Crippen molar-refractivity contribution in [2.75, 3.05) is 0 Å². The SMILES string of the molecule is Cc1cnc(C(O)c2ccco2)c(C)c1. The van der Waals surface area contributed by atoms with Crippen molar-refractivity contribution in [3.63, 3.8) is 0 Å². The summed E-state index contributed by atoms with van der Waals surface area (Å²) in [6, 6.07) is 5.49. The van der Waals surface area contributed by atoms with Gasteiger partial charge in [0.05, 0.1) is 12.0 Å². The first kappa shape index (κ1) is 9.93. The predicted molar refractivity (Wildman–Crippen MR) is 56.5 cm³/mol. The Morgan fingerprint density at radius 3 is 2.80 bits per heavy atom. The number of pyridine rings is 1. The molecule has 1 atom stereocenters. The molecular formula is C12H13NO2. The van der Waals surface area contributed by atoms with Gasteiger partial charge >= 0.3 is 0 Å². The highest BCUT2D eigenvalue weighted by Crippen LogP contribution is 2.23. The zero-order chi connectivity index (χ0) is 10.8. The average Bonchev–Trinajstić information content (AvgIpc) is 2.69. The van der Waals surface area contributed by atoms with Crippen LogP contribution in [0.3, 0.4) is 0 Å². The van der Waals surface area contributed by atoms with Crippen molar-refractivity contribution in [2.45, 2.75) is 20.0 Å². The highest BCUT2D eigenvalue weighted by atomic mass is 16.4. The van der Waals surface area contributed by atoms with Gasteiger partial charge in [-0.25, -0.2) is 0 Å². The number of hydrogen-bond acceptors (Lipinski definition) is 3. The Balaban J connectivity index is 2.38. The van der Waals surface area contributed by atoms with Gasteiger partial charge in [0, 0.05) is 6.20 Å². The van der Waals surface area contributed by atoms with Crippen molar-refractivity contribution >= 4 is 0 Å². The molecule has 2 aromatic rings. The van der Waals surface area contributed by atoms with Gasteiger partial charge in [-0.3, -0.25) is 4.98 Å². The summed E-state index contributed by atoms with van der Waals surface area (Å²) in [5.74, 6) is 0.523. The first-order valence-corrected chi connectivity index (χ1v) is 4.83. The molecule has 78 valence electrons. The maximum absolute atomic E-state index is 10.00. The summed E-state index contributed by atoms with van der Waals surface area (Å²) in [6.45, 7) is 3.91. The van der Waals surface area contributed by atoms with Gasteiger partial charge in [0.15, 0.2) is 6.10 Å². The van der Waals surface area contributed by atoms with Crippen LogP contribution in [0.1, 0.15) is 28.7 Å². The molecule has 0 aliphatic carbocycles. The van der Waals surface area contributed by atoms with Gasteiger partial charge in [0.1, 0.15) is 5.76 Å². The number of rotatable bonds is 2. The molecule has 15 heavy (non-hydrogen) atoms. The number of hydrogen-bond donors (Lipinski definition) is 1. The molecule has 1 unspecified atom stereocenters. The van der Waals surface area contributed by atoms with E-state index in [2.05, 4.69) is 4.98 Å². The fourth-order valence-electron chi connectivity index (χ4n) is 1.59. The Bertz CT molecular complexity index is 449. The van der Waals surface area contributed by atoms with Crippen molar-refractivity contribution in [1.82, 2.24) is 4.98 Å². The number of aliphatic hydroxyl groups excluding tert-OH is 1. The summed E-state index contributed by atoms with van der Waals surface area (Å²) in [6.07, 6.45) is 2.51. The van der Waals surface area contributed by atoms with E-state index in [0.717, 1.165) is 11.1 Å². The van der Waals surface area contributed by atoms with Crippen molar-refractivity contribution in [3.05, 3.63) is 53.2 Å². The minimum Gasteiger partial charge on any atom is -0.466 e. The lowest BCUT2D eigenvalue weighted by atomic mass is 10.1. The number of furan rings is 1. The number of aryl methyl sites for hydroxylation is 2. The lowest BCUT2D eigenvalue weighted by Gasteiger charge is -2.10. The minimum atomic E-state index is -0.777. The first-order chi connectivity index (χ1) is 7.18. The first-order valence-electron chi connectivity index (χ1n) is 4.83. The average molecular weight is 203 g/mol. The van der Waals surface area contributed by atoms with Crippen LogP contribution in [0.15, 0.2) is 35.1 Å². The van der Waals surface area contributed by atoms with E-state index in [0.29, 0.717) is 11.5 Å². The van der Waals surface area contributed by atoms with Crippen LogP contribution in [0.2, 0.25) is 0 Å². The van der Waals surface area contributed by atoms with Crippen LogP contribution in [-0.2, 0) is 0 Å². The number of aromatic nitrogens is 1. The molecule has 0 saturated heterocycles. The Morgan fingerprint density at radius 2 is 2.20 bits per heavy atom. The van der Waals surface area contributed by atoms with E-state index >= 15 is 0 Å². The summed E-state index contributed by atoms with van der Waals surface area (Å²) in [4.78, 5) is 4.22. The molecule has 0 radical (unpaired) electrons. The second kappa shape index (κ2) is 3.87. The summed E-state index contributed by atoms with van der Waals surface area (Å²) in [5, 5.41) is 10.00. The van der Waals surface area contributed by atoms with Crippen LogP contribution in [0.25, 0.3) is 0 Å². The third-order valence-corrected chi connectivity index (χ3v) is 2.33. The molecule has 0 bridgehead atoms. The molecule has 0 aliphatic heterocycles. The van der Waals surface area contributed by atoms with E-state index in [1.165, 1.54) is 0 Å². The van der Waals surface area contributed by atoms with Gasteiger partial charge in [-0.2, -0.15) is 0 Å². The lowest BCUT2D eigenvalue weighted by molar-refractivity contribution is 0.184. The van der Waals surface area contributed by atoms with Crippen LogP contribution in [-0.4, -0.2) is 10.1 Å². The van der Waals surface area contributed by atoms with Crippen LogP contribution in [0.4, 0.5) is 0 Å². The molecule has 0 aromatic carbocycles. The molecular weight excluding hydrogens is 190 g/mol. The van der Waals surface area contributed by atoms with Gasteiger partial charge in [-0.1, -0.05) is 6.07 Å². The maximum atomic E-state index is 10.00. The summed E-state index contributed by atoms with van der Waals surface area (Å²) >= 11 is 0. The Hall–Kier alpha value is -1.61. The lowest BCUT2D eigenvalue weighted by Crippen LogP contribution is -2.04. The van der Waals surface area contributed by atoms with E-state index in [1.54, 1.807) is 24.6 Å². The molecule has 2 rings (SSSR count). The number of nitrogens with zero attached hydrogens (tertiary/aromatic N) is 1. The highest BCUT2D eigenvalue weighted by molar-refractivity contribution is 5.28. The van der Waals surface area contributed by atoms with Crippen LogP contribution in [0.5, 0.6) is 0 Å². The molecule has 2 aromatic heterocycles. The second-order valence-electron chi connectivity index (χ2n) is 3.63. The van der Waals surface area contributed by atoms with Crippen LogP contribution >= 0.6 is 0 Å². The van der Waals surface area contributed by atoms with Gasteiger partial charge in [0.2, 0.25) is 0 Å². The highest BCUT2D eigenvalue weighted by Gasteiger charge is 2.16. The zero-order valence-corrected chi connectivity index (χ0v) is 8.77. The minimum absolute atomic E-state index is 0.523. The van der Waals surface area contributed by atoms with Crippen molar-refractivity contribution in [1.29, 1.82) is 0 Å². The van der Waals surface area contributed by atoms with E-state index in [4.69, 9.17) is 4.42 Å². The zero-order valence-electron chi connectivity index (χ0n) is 8.77. The fraction of sp³-hybridized carbons (Fsp3) is 0.250. The predicted octanol–water partition coefficient (Wildman–Crippen LogP) is 2.37.